The van der Waals surface area contributed by atoms with Crippen LogP contribution in [-0.2, 0) is 11.3 Å². The maximum Gasteiger partial charge on any atom is 0.379 e. The Bertz CT molecular complexity index is 1090. The van der Waals surface area contributed by atoms with Crippen LogP contribution in [0.25, 0.3) is 6.08 Å². The lowest BCUT2D eigenvalue weighted by atomic mass is 10.2. The van der Waals surface area contributed by atoms with E-state index in [9.17, 15) is 9.59 Å². The summed E-state index contributed by atoms with van der Waals surface area (Å²) < 4.78 is 10.9. The third-order valence-corrected chi connectivity index (χ3v) is 5.52. The van der Waals surface area contributed by atoms with Gasteiger partial charge >= 0.3 is 5.97 Å². The maximum atomic E-state index is 12.8. The molecular formula is C22H15NO4S2. The van der Waals surface area contributed by atoms with Crippen LogP contribution in [0.3, 0.4) is 0 Å². The van der Waals surface area contributed by atoms with E-state index in [0.29, 0.717) is 21.5 Å². The van der Waals surface area contributed by atoms with Crippen LogP contribution in [0.15, 0.2) is 82.3 Å². The molecule has 5 nitrogen and oxygen atoms in total. The monoisotopic (exact) mass is 421 g/mol. The van der Waals surface area contributed by atoms with Crippen molar-refractivity contribution in [1.82, 2.24) is 4.90 Å². The first-order chi connectivity index (χ1) is 14.1. The number of furan rings is 1. The van der Waals surface area contributed by atoms with Gasteiger partial charge in [-0.1, -0.05) is 66.4 Å². The number of thiocarbonyl (C=S) groups is 1. The summed E-state index contributed by atoms with van der Waals surface area (Å²) in [5.74, 6) is -0.236. The molecule has 0 atom stereocenters. The molecule has 0 saturated carbocycles. The number of thioether (sulfide) groups is 1. The summed E-state index contributed by atoms with van der Waals surface area (Å²) in [5.41, 5.74) is 1.74. The first-order valence-electron chi connectivity index (χ1n) is 8.75. The number of hydrogen-bond acceptors (Lipinski definition) is 6. The summed E-state index contributed by atoms with van der Waals surface area (Å²) in [7, 11) is 0. The molecule has 1 aliphatic heterocycles. The van der Waals surface area contributed by atoms with Crippen molar-refractivity contribution in [3.05, 3.63) is 94.8 Å². The number of carbonyl (C=O) groups is 2. The van der Waals surface area contributed by atoms with Gasteiger partial charge in [0.05, 0.1) is 17.7 Å². The highest BCUT2D eigenvalue weighted by atomic mass is 32.2. The second-order valence-corrected chi connectivity index (χ2v) is 7.87. The molecule has 2 aromatic carbocycles. The fourth-order valence-corrected chi connectivity index (χ4v) is 4.03. The Kier molecular flexibility index (Phi) is 5.59. The van der Waals surface area contributed by atoms with Gasteiger partial charge < -0.3 is 9.15 Å². The van der Waals surface area contributed by atoms with E-state index in [1.54, 1.807) is 35.2 Å². The van der Waals surface area contributed by atoms with Gasteiger partial charge in [0.2, 0.25) is 5.76 Å². The second-order valence-electron chi connectivity index (χ2n) is 6.19. The van der Waals surface area contributed by atoms with Crippen LogP contribution >= 0.6 is 24.0 Å². The van der Waals surface area contributed by atoms with E-state index >= 15 is 0 Å². The topological polar surface area (TPSA) is 59.8 Å². The molecule has 7 heteroatoms. The van der Waals surface area contributed by atoms with E-state index in [-0.39, 0.29) is 11.7 Å². The van der Waals surface area contributed by atoms with Crippen molar-refractivity contribution < 1.29 is 18.7 Å². The SMILES string of the molecule is O=C(Oc1cccc(/C=C2\SC(=S)N(Cc3ccccc3)C2=O)c1)c1ccco1. The number of amides is 1. The average Bonchev–Trinajstić information content (AvgIpc) is 3.34. The summed E-state index contributed by atoms with van der Waals surface area (Å²) in [6, 6.07) is 19.8. The predicted molar refractivity (Wildman–Crippen MR) is 115 cm³/mol. The Balaban J connectivity index is 1.50. The van der Waals surface area contributed by atoms with Crippen LogP contribution in [0.4, 0.5) is 0 Å². The molecule has 0 bridgehead atoms. The highest BCUT2D eigenvalue weighted by molar-refractivity contribution is 8.26. The average molecular weight is 421 g/mol. The molecular weight excluding hydrogens is 406 g/mol. The predicted octanol–water partition coefficient (Wildman–Crippen LogP) is 4.90. The summed E-state index contributed by atoms with van der Waals surface area (Å²) in [6.07, 6.45) is 3.15. The first kappa shape index (κ1) is 19.2. The van der Waals surface area contributed by atoms with Crippen molar-refractivity contribution in [2.45, 2.75) is 6.54 Å². The Hall–Kier alpha value is -3.16. The summed E-state index contributed by atoms with van der Waals surface area (Å²) in [5, 5.41) is 0. The Morgan fingerprint density at radius 3 is 2.69 bits per heavy atom. The molecule has 144 valence electrons. The van der Waals surface area contributed by atoms with Crippen molar-refractivity contribution in [2.24, 2.45) is 0 Å². The van der Waals surface area contributed by atoms with E-state index in [4.69, 9.17) is 21.4 Å². The molecule has 1 saturated heterocycles. The van der Waals surface area contributed by atoms with Gasteiger partial charge in [-0.2, -0.15) is 0 Å². The van der Waals surface area contributed by atoms with Crippen molar-refractivity contribution in [1.29, 1.82) is 0 Å². The van der Waals surface area contributed by atoms with Crippen molar-refractivity contribution in [3.63, 3.8) is 0 Å². The molecule has 3 aromatic rings. The first-order valence-corrected chi connectivity index (χ1v) is 9.98. The largest absolute Gasteiger partial charge is 0.457 e. The smallest absolute Gasteiger partial charge is 0.379 e. The van der Waals surface area contributed by atoms with Crippen LogP contribution in [0.1, 0.15) is 21.7 Å². The van der Waals surface area contributed by atoms with Crippen LogP contribution in [0, 0.1) is 0 Å². The molecule has 2 heterocycles. The zero-order valence-electron chi connectivity index (χ0n) is 15.1. The summed E-state index contributed by atoms with van der Waals surface area (Å²) in [6.45, 7) is 0.434. The molecule has 1 amide bonds. The molecule has 29 heavy (non-hydrogen) atoms. The second kappa shape index (κ2) is 8.46. The minimum absolute atomic E-state index is 0.122. The van der Waals surface area contributed by atoms with E-state index in [1.165, 1.54) is 24.1 Å². The molecule has 0 radical (unpaired) electrons. The van der Waals surface area contributed by atoms with E-state index < -0.39 is 5.97 Å². The zero-order chi connectivity index (χ0) is 20.2. The quantitative estimate of drug-likeness (QED) is 0.253. The van der Waals surface area contributed by atoms with Gasteiger partial charge in [-0.15, -0.1) is 0 Å². The minimum atomic E-state index is -0.582. The number of nitrogens with zero attached hydrogens (tertiary/aromatic N) is 1. The highest BCUT2D eigenvalue weighted by Gasteiger charge is 2.31. The molecule has 0 N–H and O–H groups in total. The molecule has 0 unspecified atom stereocenters. The van der Waals surface area contributed by atoms with E-state index in [2.05, 4.69) is 0 Å². The number of hydrogen-bond donors (Lipinski definition) is 0. The number of rotatable bonds is 5. The fourth-order valence-electron chi connectivity index (χ4n) is 2.77. The Morgan fingerprint density at radius 2 is 1.93 bits per heavy atom. The van der Waals surface area contributed by atoms with Crippen LogP contribution in [0.2, 0.25) is 0 Å². The number of benzene rings is 2. The number of ether oxygens (including phenoxy) is 1. The maximum absolute atomic E-state index is 12.8. The zero-order valence-corrected chi connectivity index (χ0v) is 16.7. The molecule has 0 spiro atoms. The van der Waals surface area contributed by atoms with Crippen molar-refractivity contribution in [2.75, 3.05) is 0 Å². The van der Waals surface area contributed by atoms with E-state index in [1.807, 2.05) is 36.4 Å². The molecule has 1 aromatic heterocycles. The van der Waals surface area contributed by atoms with Crippen LogP contribution < -0.4 is 4.74 Å². The normalized spacial score (nSPS) is 15.2. The third kappa shape index (κ3) is 4.47. The number of esters is 1. The van der Waals surface area contributed by atoms with Gasteiger partial charge in [0.15, 0.2) is 0 Å². The lowest BCUT2D eigenvalue weighted by molar-refractivity contribution is -0.122. The van der Waals surface area contributed by atoms with Crippen molar-refractivity contribution in [3.8, 4) is 5.75 Å². The lowest BCUT2D eigenvalue weighted by Crippen LogP contribution is -2.27. The standard InChI is InChI=1S/C22H15NO4S2/c24-20-19(29-22(28)23(20)14-15-6-2-1-3-7-15)13-16-8-4-9-17(12-16)27-21(25)18-10-5-11-26-18/h1-13H,14H2/b19-13-. The minimum Gasteiger partial charge on any atom is -0.457 e. The van der Waals surface area contributed by atoms with Gasteiger partial charge in [0.1, 0.15) is 10.1 Å². The lowest BCUT2D eigenvalue weighted by Gasteiger charge is -2.14. The van der Waals surface area contributed by atoms with Gasteiger partial charge in [0.25, 0.3) is 5.91 Å². The molecule has 1 fully saturated rings. The van der Waals surface area contributed by atoms with E-state index in [0.717, 1.165) is 11.1 Å². The number of carbonyl (C=O) groups excluding carboxylic acids is 2. The van der Waals surface area contributed by atoms with Crippen LogP contribution in [0.5, 0.6) is 5.75 Å². The molecule has 0 aliphatic carbocycles. The van der Waals surface area contributed by atoms with Gasteiger partial charge in [-0.25, -0.2) is 4.79 Å². The highest BCUT2D eigenvalue weighted by Crippen LogP contribution is 2.34. The summed E-state index contributed by atoms with van der Waals surface area (Å²) >= 11 is 6.65. The Labute approximate surface area is 177 Å². The van der Waals surface area contributed by atoms with Crippen molar-refractivity contribution >= 4 is 46.3 Å². The third-order valence-electron chi connectivity index (χ3n) is 4.15. The fraction of sp³-hybridized carbons (Fsp3) is 0.0455. The molecule has 1 aliphatic rings. The van der Waals surface area contributed by atoms with Gasteiger partial charge in [-0.05, 0) is 41.5 Å². The Morgan fingerprint density at radius 1 is 1.10 bits per heavy atom. The molecule has 4 rings (SSSR count). The van der Waals surface area contributed by atoms with Crippen LogP contribution in [-0.4, -0.2) is 21.1 Å². The summed E-state index contributed by atoms with van der Waals surface area (Å²) in [4.78, 5) is 26.9. The van der Waals surface area contributed by atoms with Gasteiger partial charge in [-0.3, -0.25) is 9.69 Å². The van der Waals surface area contributed by atoms with Gasteiger partial charge in [0, 0.05) is 0 Å².